The number of amides is 2. The first-order chi connectivity index (χ1) is 9.11. The van der Waals surface area contributed by atoms with E-state index in [4.69, 9.17) is 0 Å². The average Bonchev–Trinajstić information content (AvgIpc) is 2.85. The van der Waals surface area contributed by atoms with Gasteiger partial charge in [-0.1, -0.05) is 0 Å². The molecule has 5 heteroatoms. The Kier molecular flexibility index (Phi) is 3.97. The quantitative estimate of drug-likeness (QED) is 0.904. The molecule has 0 saturated carbocycles. The van der Waals surface area contributed by atoms with Crippen LogP contribution in [0.5, 0.6) is 0 Å². The highest BCUT2D eigenvalue weighted by molar-refractivity contribution is 7.12. The Morgan fingerprint density at radius 2 is 1.74 bits per heavy atom. The fourth-order valence-corrected chi connectivity index (χ4v) is 2.46. The van der Waals surface area contributed by atoms with Gasteiger partial charge in [0.1, 0.15) is 0 Å². The molecule has 0 saturated heterocycles. The van der Waals surface area contributed by atoms with Crippen molar-refractivity contribution in [1.82, 2.24) is 5.32 Å². The fraction of sp³-hybridized carbons (Fsp3) is 0.143. The van der Waals surface area contributed by atoms with Crippen molar-refractivity contribution < 1.29 is 9.59 Å². The average molecular weight is 274 g/mol. The van der Waals surface area contributed by atoms with Gasteiger partial charge in [0.15, 0.2) is 0 Å². The van der Waals surface area contributed by atoms with E-state index in [1.165, 1.54) is 11.3 Å². The topological polar surface area (TPSA) is 58.2 Å². The molecule has 0 bridgehead atoms. The number of benzene rings is 1. The number of aryl methyl sites for hydroxylation is 1. The van der Waals surface area contributed by atoms with Crippen LogP contribution in [0.2, 0.25) is 0 Å². The number of anilines is 1. The van der Waals surface area contributed by atoms with Crippen LogP contribution in [0, 0.1) is 6.92 Å². The van der Waals surface area contributed by atoms with E-state index in [1.54, 1.807) is 31.3 Å². The Morgan fingerprint density at radius 3 is 2.26 bits per heavy atom. The van der Waals surface area contributed by atoms with Crippen LogP contribution in [-0.2, 0) is 0 Å². The van der Waals surface area contributed by atoms with Crippen molar-refractivity contribution in [2.45, 2.75) is 6.92 Å². The van der Waals surface area contributed by atoms with Crippen molar-refractivity contribution in [3.8, 4) is 0 Å². The molecule has 1 aromatic heterocycles. The third kappa shape index (κ3) is 3.00. The molecular formula is C14H14N2O2S. The summed E-state index contributed by atoms with van der Waals surface area (Å²) in [4.78, 5) is 24.1. The van der Waals surface area contributed by atoms with Gasteiger partial charge in [-0.25, -0.2) is 0 Å². The van der Waals surface area contributed by atoms with Gasteiger partial charge in [0.2, 0.25) is 0 Å². The number of rotatable bonds is 3. The Morgan fingerprint density at radius 1 is 1.05 bits per heavy atom. The fourth-order valence-electron chi connectivity index (χ4n) is 1.64. The minimum atomic E-state index is -0.146. The third-order valence-electron chi connectivity index (χ3n) is 2.70. The number of hydrogen-bond donors (Lipinski definition) is 2. The van der Waals surface area contributed by atoms with Gasteiger partial charge >= 0.3 is 0 Å². The van der Waals surface area contributed by atoms with Gasteiger partial charge in [-0.2, -0.15) is 0 Å². The molecule has 1 heterocycles. The molecule has 0 unspecified atom stereocenters. The van der Waals surface area contributed by atoms with Gasteiger partial charge in [0.05, 0.1) is 4.88 Å². The van der Waals surface area contributed by atoms with E-state index in [1.807, 2.05) is 18.4 Å². The minimum absolute atomic E-state index is 0.125. The number of carbonyl (C=O) groups is 2. The zero-order chi connectivity index (χ0) is 13.8. The van der Waals surface area contributed by atoms with E-state index < -0.39 is 0 Å². The molecule has 0 aliphatic heterocycles. The van der Waals surface area contributed by atoms with Gasteiger partial charge in [0.25, 0.3) is 11.8 Å². The van der Waals surface area contributed by atoms with E-state index in [0.717, 1.165) is 5.56 Å². The maximum absolute atomic E-state index is 12.0. The van der Waals surface area contributed by atoms with E-state index in [2.05, 4.69) is 10.6 Å². The first-order valence-electron chi connectivity index (χ1n) is 5.79. The van der Waals surface area contributed by atoms with Crippen LogP contribution in [0.4, 0.5) is 5.69 Å². The van der Waals surface area contributed by atoms with Crippen LogP contribution in [0.15, 0.2) is 35.7 Å². The molecule has 0 fully saturated rings. The Balaban J connectivity index is 2.10. The van der Waals surface area contributed by atoms with E-state index in [-0.39, 0.29) is 11.8 Å². The summed E-state index contributed by atoms with van der Waals surface area (Å²) in [5.41, 5.74) is 2.20. The highest BCUT2D eigenvalue weighted by Crippen LogP contribution is 2.18. The molecular weight excluding hydrogens is 260 g/mol. The zero-order valence-corrected chi connectivity index (χ0v) is 11.5. The van der Waals surface area contributed by atoms with Crippen molar-refractivity contribution >= 4 is 28.8 Å². The van der Waals surface area contributed by atoms with Crippen LogP contribution < -0.4 is 10.6 Å². The summed E-state index contributed by atoms with van der Waals surface area (Å²) in [5.74, 6) is -0.271. The molecule has 0 aliphatic carbocycles. The smallest absolute Gasteiger partial charge is 0.265 e. The van der Waals surface area contributed by atoms with E-state index in [0.29, 0.717) is 16.1 Å². The minimum Gasteiger partial charge on any atom is -0.355 e. The Bertz CT molecular complexity index is 602. The summed E-state index contributed by atoms with van der Waals surface area (Å²) < 4.78 is 0. The second kappa shape index (κ2) is 5.67. The molecule has 0 radical (unpaired) electrons. The first-order valence-corrected chi connectivity index (χ1v) is 6.67. The Labute approximate surface area is 115 Å². The summed E-state index contributed by atoms with van der Waals surface area (Å²) in [6.07, 6.45) is 0. The molecule has 1 aromatic carbocycles. The maximum Gasteiger partial charge on any atom is 0.265 e. The van der Waals surface area contributed by atoms with Crippen molar-refractivity contribution in [1.29, 1.82) is 0 Å². The van der Waals surface area contributed by atoms with E-state index in [9.17, 15) is 9.59 Å². The second-order valence-corrected chi connectivity index (χ2v) is 4.96. The van der Waals surface area contributed by atoms with Gasteiger partial charge in [0, 0.05) is 18.3 Å². The van der Waals surface area contributed by atoms with Gasteiger partial charge < -0.3 is 10.6 Å². The van der Waals surface area contributed by atoms with Crippen molar-refractivity contribution in [3.63, 3.8) is 0 Å². The Hall–Kier alpha value is -2.14. The molecule has 0 aliphatic rings. The molecule has 4 nitrogen and oxygen atoms in total. The van der Waals surface area contributed by atoms with Crippen LogP contribution >= 0.6 is 11.3 Å². The predicted molar refractivity (Wildman–Crippen MR) is 76.8 cm³/mol. The predicted octanol–water partition coefficient (Wildman–Crippen LogP) is 2.67. The summed E-state index contributed by atoms with van der Waals surface area (Å²) in [6, 6.07) is 8.69. The summed E-state index contributed by atoms with van der Waals surface area (Å²) in [6.45, 7) is 1.90. The van der Waals surface area contributed by atoms with Crippen LogP contribution in [-0.4, -0.2) is 18.9 Å². The molecule has 98 valence electrons. The van der Waals surface area contributed by atoms with Crippen LogP contribution in [0.3, 0.4) is 0 Å². The third-order valence-corrected chi connectivity index (χ3v) is 3.72. The number of hydrogen-bond acceptors (Lipinski definition) is 3. The molecule has 2 amide bonds. The van der Waals surface area contributed by atoms with Gasteiger partial charge in [-0.15, -0.1) is 11.3 Å². The summed E-state index contributed by atoms with van der Waals surface area (Å²) in [5, 5.41) is 7.24. The molecule has 0 spiro atoms. The number of thiophene rings is 1. The summed E-state index contributed by atoms with van der Waals surface area (Å²) >= 11 is 1.41. The van der Waals surface area contributed by atoms with Crippen LogP contribution in [0.1, 0.15) is 25.6 Å². The zero-order valence-electron chi connectivity index (χ0n) is 10.7. The lowest BCUT2D eigenvalue weighted by Crippen LogP contribution is -2.17. The van der Waals surface area contributed by atoms with Crippen molar-refractivity contribution in [2.24, 2.45) is 0 Å². The lowest BCUT2D eigenvalue weighted by molar-refractivity contribution is 0.0962. The van der Waals surface area contributed by atoms with Gasteiger partial charge in [-0.3, -0.25) is 9.59 Å². The SMILES string of the molecule is CNC(=O)c1ccc(NC(=O)c2sccc2C)cc1. The molecule has 19 heavy (non-hydrogen) atoms. The standard InChI is InChI=1S/C14H14N2O2S/c1-9-7-8-19-12(9)14(18)16-11-5-3-10(4-6-11)13(17)15-2/h3-8H,1-2H3,(H,15,17)(H,16,18). The molecule has 2 N–H and O–H groups in total. The van der Waals surface area contributed by atoms with Gasteiger partial charge in [-0.05, 0) is 48.2 Å². The maximum atomic E-state index is 12.0. The lowest BCUT2D eigenvalue weighted by Gasteiger charge is -2.05. The monoisotopic (exact) mass is 274 g/mol. The number of nitrogens with one attached hydrogen (secondary N) is 2. The highest BCUT2D eigenvalue weighted by atomic mass is 32.1. The van der Waals surface area contributed by atoms with Crippen LogP contribution in [0.25, 0.3) is 0 Å². The van der Waals surface area contributed by atoms with E-state index >= 15 is 0 Å². The second-order valence-electron chi connectivity index (χ2n) is 4.04. The normalized spacial score (nSPS) is 10.0. The highest BCUT2D eigenvalue weighted by Gasteiger charge is 2.10. The molecule has 2 rings (SSSR count). The lowest BCUT2D eigenvalue weighted by atomic mass is 10.2. The number of carbonyl (C=O) groups excluding carboxylic acids is 2. The van der Waals surface area contributed by atoms with Crippen molar-refractivity contribution in [3.05, 3.63) is 51.7 Å². The molecule has 2 aromatic rings. The van der Waals surface area contributed by atoms with Crippen molar-refractivity contribution in [2.75, 3.05) is 12.4 Å². The largest absolute Gasteiger partial charge is 0.355 e. The molecule has 0 atom stereocenters. The first kappa shape index (κ1) is 13.3. The summed E-state index contributed by atoms with van der Waals surface area (Å²) in [7, 11) is 1.58.